The van der Waals surface area contributed by atoms with Gasteiger partial charge >= 0.3 is 39.5 Å². The van der Waals surface area contributed by atoms with Crippen LogP contribution in [0.4, 0.5) is 0 Å². The molecule has 0 rings (SSSR count). The Balaban J connectivity index is 5.40. The van der Waals surface area contributed by atoms with Crippen molar-refractivity contribution in [3.8, 4) is 0 Å². The number of carbonyl (C=O) groups is 4. The monoisotopic (exact) mass is 1480 g/mol. The first-order valence-electron chi connectivity index (χ1n) is 40.8. The zero-order valence-corrected chi connectivity index (χ0v) is 66.6. The van der Waals surface area contributed by atoms with Gasteiger partial charge in [-0.3, -0.25) is 37.3 Å². The van der Waals surface area contributed by atoms with E-state index < -0.39 is 97.5 Å². The number of aliphatic hydroxyl groups excluding tert-OH is 1. The Hall–Kier alpha value is -3.76. The number of aliphatic hydroxyl groups is 1. The van der Waals surface area contributed by atoms with Crippen molar-refractivity contribution in [2.75, 3.05) is 39.6 Å². The summed E-state index contributed by atoms with van der Waals surface area (Å²) in [5.41, 5.74) is 0. The topological polar surface area (TPSA) is 237 Å². The Morgan fingerprint density at radius 2 is 0.490 bits per heavy atom. The lowest BCUT2D eigenvalue weighted by molar-refractivity contribution is -0.161. The fourth-order valence-electron chi connectivity index (χ4n) is 11.1. The number of hydrogen-bond donors (Lipinski definition) is 3. The highest BCUT2D eigenvalue weighted by Crippen LogP contribution is 2.45. The number of unbranched alkanes of at least 4 members (excludes halogenated alkanes) is 37. The molecule has 3 N–H and O–H groups in total. The van der Waals surface area contributed by atoms with Gasteiger partial charge in [0, 0.05) is 25.7 Å². The van der Waals surface area contributed by atoms with E-state index >= 15 is 0 Å². The van der Waals surface area contributed by atoms with E-state index in [1.165, 1.54) is 148 Å². The first-order valence-corrected chi connectivity index (χ1v) is 43.8. The van der Waals surface area contributed by atoms with E-state index in [-0.39, 0.29) is 25.7 Å². The molecule has 0 saturated heterocycles. The van der Waals surface area contributed by atoms with Gasteiger partial charge in [0.1, 0.15) is 19.3 Å². The molecule has 5 atom stereocenters. The summed E-state index contributed by atoms with van der Waals surface area (Å²) in [6.45, 7) is 4.79. The highest BCUT2D eigenvalue weighted by atomic mass is 31.2. The molecule has 102 heavy (non-hydrogen) atoms. The standard InChI is InChI=1S/C83H148O17P2/c1-5-9-13-17-21-25-29-33-37-38-42-44-48-52-56-60-64-68-81(86)94-74-79(100-83(88)70-66-62-58-54-50-46-41-36-32-28-24-20-16-12-8-4)76-98-102(91,92)96-72-77(84)71-95-101(89,90)97-75-78(99-82(87)69-65-61-57-53-49-45-40-35-31-27-23-19-15-11-7-3)73-93-80(85)67-63-59-55-51-47-43-39-34-30-26-22-18-14-10-6-2/h21,24-25,28,33,35-37,40-42,44,52,56,77-79,84H,5-20,22-23,26-27,29-32,34,38-39,43,45-51,53-55,57-76H2,1-4H3,(H,89,90)(H,91,92)/b25-21-,28-24-,37-33-,40-35-,41-36-,44-42-,56-52-/t77-,78+,79+/m0/s1. The molecular formula is C83H148O17P2. The lowest BCUT2D eigenvalue weighted by Crippen LogP contribution is -2.30. The van der Waals surface area contributed by atoms with Gasteiger partial charge in [0.05, 0.1) is 26.4 Å². The number of ether oxygens (including phenoxy) is 4. The quantitative estimate of drug-likeness (QED) is 0.0169. The van der Waals surface area contributed by atoms with Crippen LogP contribution in [-0.4, -0.2) is 96.7 Å². The normalized spacial score (nSPS) is 14.3. The molecule has 0 spiro atoms. The summed E-state index contributed by atoms with van der Waals surface area (Å²) in [4.78, 5) is 73.0. The van der Waals surface area contributed by atoms with Crippen LogP contribution in [0.25, 0.3) is 0 Å². The van der Waals surface area contributed by atoms with Gasteiger partial charge in [0.15, 0.2) is 12.2 Å². The largest absolute Gasteiger partial charge is 0.472 e. The van der Waals surface area contributed by atoms with E-state index in [1.54, 1.807) is 0 Å². The van der Waals surface area contributed by atoms with Crippen LogP contribution in [0.3, 0.4) is 0 Å². The second-order valence-electron chi connectivity index (χ2n) is 27.4. The van der Waals surface area contributed by atoms with Crippen molar-refractivity contribution >= 4 is 39.5 Å². The van der Waals surface area contributed by atoms with Crippen LogP contribution in [0, 0.1) is 0 Å². The Labute approximate surface area is 621 Å². The van der Waals surface area contributed by atoms with Crippen molar-refractivity contribution < 1.29 is 80.2 Å². The number of esters is 4. The van der Waals surface area contributed by atoms with Gasteiger partial charge in [0.2, 0.25) is 0 Å². The third-order valence-electron chi connectivity index (χ3n) is 17.3. The van der Waals surface area contributed by atoms with E-state index in [0.29, 0.717) is 32.1 Å². The maximum Gasteiger partial charge on any atom is 0.472 e. The predicted molar refractivity (Wildman–Crippen MR) is 418 cm³/mol. The highest BCUT2D eigenvalue weighted by Gasteiger charge is 2.30. The summed E-state index contributed by atoms with van der Waals surface area (Å²) in [6.07, 6.45) is 78.4. The zero-order valence-electron chi connectivity index (χ0n) is 64.8. The molecule has 17 nitrogen and oxygen atoms in total. The zero-order chi connectivity index (χ0) is 74.6. The van der Waals surface area contributed by atoms with Crippen LogP contribution >= 0.6 is 15.6 Å². The molecule has 0 bridgehead atoms. The Morgan fingerprint density at radius 1 is 0.275 bits per heavy atom. The summed E-state index contributed by atoms with van der Waals surface area (Å²) in [5.74, 6) is -2.24. The highest BCUT2D eigenvalue weighted by molar-refractivity contribution is 7.47. The molecule has 2 unspecified atom stereocenters. The van der Waals surface area contributed by atoms with Crippen LogP contribution in [0.15, 0.2) is 85.1 Å². The summed E-state index contributed by atoms with van der Waals surface area (Å²) >= 11 is 0. The molecule has 0 aliphatic heterocycles. The number of phosphoric ester groups is 2. The Kier molecular flexibility index (Phi) is 72.7. The van der Waals surface area contributed by atoms with Gasteiger partial charge in [-0.25, -0.2) is 9.13 Å². The van der Waals surface area contributed by atoms with Crippen LogP contribution in [0.1, 0.15) is 362 Å². The molecule has 592 valence electrons. The van der Waals surface area contributed by atoms with Crippen molar-refractivity contribution in [1.29, 1.82) is 0 Å². The Morgan fingerprint density at radius 3 is 0.804 bits per heavy atom. The third kappa shape index (κ3) is 74.5. The second kappa shape index (κ2) is 75.5. The van der Waals surface area contributed by atoms with Crippen molar-refractivity contribution in [2.24, 2.45) is 0 Å². The third-order valence-corrected chi connectivity index (χ3v) is 19.2. The van der Waals surface area contributed by atoms with Gasteiger partial charge in [-0.15, -0.1) is 0 Å². The molecular weight excluding hydrogens is 1330 g/mol. The average molecular weight is 1480 g/mol. The van der Waals surface area contributed by atoms with Gasteiger partial charge in [-0.1, -0.05) is 299 Å². The first-order chi connectivity index (χ1) is 49.7. The van der Waals surface area contributed by atoms with Crippen molar-refractivity contribution in [3.63, 3.8) is 0 Å². The molecule has 0 aromatic carbocycles. The van der Waals surface area contributed by atoms with Crippen LogP contribution in [-0.2, 0) is 65.4 Å². The van der Waals surface area contributed by atoms with Gasteiger partial charge in [0.25, 0.3) is 0 Å². The number of carbonyl (C=O) groups excluding carboxylic acids is 4. The van der Waals surface area contributed by atoms with Gasteiger partial charge < -0.3 is 33.8 Å². The van der Waals surface area contributed by atoms with Crippen molar-refractivity contribution in [3.05, 3.63) is 85.1 Å². The lowest BCUT2D eigenvalue weighted by atomic mass is 10.0. The van der Waals surface area contributed by atoms with E-state index in [9.17, 15) is 43.2 Å². The summed E-state index contributed by atoms with van der Waals surface area (Å²) in [6, 6.07) is 0. The smallest absolute Gasteiger partial charge is 0.462 e. The predicted octanol–water partition coefficient (Wildman–Crippen LogP) is 23.8. The summed E-state index contributed by atoms with van der Waals surface area (Å²) < 4.78 is 68.6. The van der Waals surface area contributed by atoms with Crippen LogP contribution < -0.4 is 0 Å². The number of phosphoric acid groups is 2. The minimum atomic E-state index is -4.99. The first kappa shape index (κ1) is 98.2. The maximum atomic E-state index is 13.1. The van der Waals surface area contributed by atoms with Gasteiger partial charge in [-0.05, 0) is 122 Å². The van der Waals surface area contributed by atoms with Crippen molar-refractivity contribution in [1.82, 2.24) is 0 Å². The molecule has 19 heteroatoms. The van der Waals surface area contributed by atoms with E-state index in [0.717, 1.165) is 128 Å². The number of hydrogen-bond acceptors (Lipinski definition) is 15. The maximum absolute atomic E-state index is 13.1. The second-order valence-corrected chi connectivity index (χ2v) is 30.3. The molecule has 0 aromatic heterocycles. The SMILES string of the molecule is CCCCC/C=C\C/C=C\C/C=C\C/C=C\CCCC(=O)OC[C@H](COP(=O)(O)OC[C@@H](O)COP(=O)(O)OC[C@@H](COC(=O)CCCCCCCCCCCCCCCCC)OC(=O)CCCCCCC/C=C\CCCCCCCC)OC(=O)CCCCCCC/C=C\C/C=C\CCCCC. The van der Waals surface area contributed by atoms with E-state index in [2.05, 4.69) is 101 Å². The molecule has 0 radical (unpaired) electrons. The molecule has 0 aliphatic carbocycles. The minimum absolute atomic E-state index is 0.0684. The minimum Gasteiger partial charge on any atom is -0.462 e. The fraction of sp³-hybridized carbons (Fsp3) is 0.783. The van der Waals surface area contributed by atoms with Crippen LogP contribution in [0.5, 0.6) is 0 Å². The molecule has 0 aromatic rings. The average Bonchev–Trinajstić information content (AvgIpc) is 0.923. The number of allylic oxidation sites excluding steroid dienone is 14. The van der Waals surface area contributed by atoms with Crippen molar-refractivity contribution in [2.45, 2.75) is 380 Å². The van der Waals surface area contributed by atoms with E-state index in [4.69, 9.17) is 37.0 Å². The molecule has 0 aliphatic rings. The molecule has 0 heterocycles. The Bertz CT molecular complexity index is 2260. The lowest BCUT2D eigenvalue weighted by Gasteiger charge is -2.21. The molecule has 0 amide bonds. The summed E-state index contributed by atoms with van der Waals surface area (Å²) in [5, 5.41) is 10.6. The van der Waals surface area contributed by atoms with Gasteiger partial charge in [-0.2, -0.15) is 0 Å². The number of rotatable bonds is 77. The summed E-state index contributed by atoms with van der Waals surface area (Å²) in [7, 11) is -9.97. The molecule has 0 fully saturated rings. The molecule has 0 saturated carbocycles. The van der Waals surface area contributed by atoms with E-state index in [1.807, 2.05) is 12.2 Å². The van der Waals surface area contributed by atoms with Crippen LogP contribution in [0.2, 0.25) is 0 Å². The fourth-order valence-corrected chi connectivity index (χ4v) is 12.6.